The number of rotatable bonds is 9. The van der Waals surface area contributed by atoms with Crippen LogP contribution in [0.15, 0.2) is 90.3 Å². The standard InChI is InChI=1S/C29H25N7O4S/c1-39-24-14-22-23(15-25(24)40-2)36-29-27(22)28(32-17-33-29)35-20-6-3-5-19(13-20)34-18-7-9-21(10-8-18)41(37,38)16-26-30-11-4-12-31-26/h3-15,17,34H,16H2,1-2H3,(H2,32,33,35,36). The van der Waals surface area contributed by atoms with Crippen LogP contribution in [-0.4, -0.2) is 47.6 Å². The van der Waals surface area contributed by atoms with Gasteiger partial charge in [-0.1, -0.05) is 6.07 Å². The first-order valence-electron chi connectivity index (χ1n) is 12.5. The number of H-pyrrole nitrogens is 1. The number of benzene rings is 3. The van der Waals surface area contributed by atoms with Crippen LogP contribution in [0.2, 0.25) is 0 Å². The Morgan fingerprint density at radius 2 is 1.49 bits per heavy atom. The summed E-state index contributed by atoms with van der Waals surface area (Å²) in [6.07, 6.45) is 4.54. The molecule has 206 valence electrons. The Labute approximate surface area is 235 Å². The zero-order valence-electron chi connectivity index (χ0n) is 22.1. The summed E-state index contributed by atoms with van der Waals surface area (Å²) in [5.74, 6) is 1.84. The van der Waals surface area contributed by atoms with E-state index in [9.17, 15) is 8.42 Å². The summed E-state index contributed by atoms with van der Waals surface area (Å²) >= 11 is 0. The van der Waals surface area contributed by atoms with Crippen molar-refractivity contribution >= 4 is 54.7 Å². The first kappa shape index (κ1) is 26.0. The van der Waals surface area contributed by atoms with E-state index in [4.69, 9.17) is 9.47 Å². The molecule has 6 aromatic rings. The van der Waals surface area contributed by atoms with Gasteiger partial charge >= 0.3 is 0 Å². The lowest BCUT2D eigenvalue weighted by Crippen LogP contribution is -2.07. The third-order valence-electron chi connectivity index (χ3n) is 6.46. The van der Waals surface area contributed by atoms with Gasteiger partial charge in [-0.05, 0) is 54.6 Å². The third-order valence-corrected chi connectivity index (χ3v) is 8.09. The molecule has 0 fully saturated rings. The fourth-order valence-electron chi connectivity index (χ4n) is 4.53. The van der Waals surface area contributed by atoms with E-state index in [1.807, 2.05) is 36.4 Å². The smallest absolute Gasteiger partial charge is 0.185 e. The number of nitrogens with one attached hydrogen (secondary N) is 3. The minimum atomic E-state index is -3.57. The molecule has 0 atom stereocenters. The molecule has 0 aliphatic rings. The van der Waals surface area contributed by atoms with Crippen molar-refractivity contribution in [3.8, 4) is 11.5 Å². The van der Waals surface area contributed by atoms with Crippen LogP contribution in [0, 0.1) is 0 Å². The molecule has 12 heteroatoms. The fraction of sp³-hybridized carbons (Fsp3) is 0.103. The molecule has 0 unspecified atom stereocenters. The zero-order chi connectivity index (χ0) is 28.4. The molecule has 0 saturated carbocycles. The first-order valence-corrected chi connectivity index (χ1v) is 14.2. The Bertz CT molecular complexity index is 1960. The largest absolute Gasteiger partial charge is 0.493 e. The van der Waals surface area contributed by atoms with E-state index in [0.29, 0.717) is 23.0 Å². The van der Waals surface area contributed by atoms with Crippen molar-refractivity contribution in [2.45, 2.75) is 10.6 Å². The second kappa shape index (κ2) is 10.7. The van der Waals surface area contributed by atoms with Crippen molar-refractivity contribution in [3.05, 3.63) is 91.3 Å². The minimum Gasteiger partial charge on any atom is -0.493 e. The maximum absolute atomic E-state index is 12.8. The Morgan fingerprint density at radius 3 is 2.22 bits per heavy atom. The van der Waals surface area contributed by atoms with Gasteiger partial charge in [-0.3, -0.25) is 0 Å². The number of aromatic amines is 1. The van der Waals surface area contributed by atoms with Crippen LogP contribution in [0.4, 0.5) is 22.9 Å². The van der Waals surface area contributed by atoms with Crippen molar-refractivity contribution in [2.24, 2.45) is 0 Å². The number of hydrogen-bond acceptors (Lipinski definition) is 10. The van der Waals surface area contributed by atoms with E-state index in [2.05, 4.69) is 35.6 Å². The molecule has 3 aromatic carbocycles. The van der Waals surface area contributed by atoms with Crippen LogP contribution in [-0.2, 0) is 15.6 Å². The maximum atomic E-state index is 12.8. The van der Waals surface area contributed by atoms with Crippen molar-refractivity contribution in [1.82, 2.24) is 24.9 Å². The van der Waals surface area contributed by atoms with Crippen molar-refractivity contribution in [3.63, 3.8) is 0 Å². The maximum Gasteiger partial charge on any atom is 0.185 e. The van der Waals surface area contributed by atoms with Crippen LogP contribution in [0.3, 0.4) is 0 Å². The molecule has 11 nitrogen and oxygen atoms in total. The number of fused-ring (bicyclic) bond motifs is 3. The van der Waals surface area contributed by atoms with Crippen LogP contribution in [0.5, 0.6) is 11.5 Å². The molecule has 41 heavy (non-hydrogen) atoms. The number of anilines is 4. The van der Waals surface area contributed by atoms with Crippen LogP contribution >= 0.6 is 0 Å². The highest BCUT2D eigenvalue weighted by Gasteiger charge is 2.18. The van der Waals surface area contributed by atoms with Gasteiger partial charge in [-0.15, -0.1) is 0 Å². The summed E-state index contributed by atoms with van der Waals surface area (Å²) in [4.78, 5) is 20.4. The van der Waals surface area contributed by atoms with Crippen molar-refractivity contribution in [1.29, 1.82) is 0 Å². The highest BCUT2D eigenvalue weighted by atomic mass is 32.2. The molecule has 0 aliphatic heterocycles. The number of aromatic nitrogens is 5. The van der Waals surface area contributed by atoms with E-state index >= 15 is 0 Å². The first-order chi connectivity index (χ1) is 19.9. The fourth-order valence-corrected chi connectivity index (χ4v) is 5.73. The molecule has 3 N–H and O–H groups in total. The Kier molecular flexibility index (Phi) is 6.81. The molecule has 0 amide bonds. The van der Waals surface area contributed by atoms with E-state index in [0.717, 1.165) is 33.4 Å². The second-order valence-corrected chi connectivity index (χ2v) is 11.1. The third kappa shape index (κ3) is 5.32. The quantitative estimate of drug-likeness (QED) is 0.208. The van der Waals surface area contributed by atoms with Crippen LogP contribution < -0.4 is 20.1 Å². The Balaban J connectivity index is 1.23. The molecule has 0 bridgehead atoms. The normalized spacial score (nSPS) is 11.5. The molecular formula is C29H25N7O4S. The summed E-state index contributed by atoms with van der Waals surface area (Å²) in [6, 6.07) is 19.7. The van der Waals surface area contributed by atoms with Gasteiger partial charge in [-0.2, -0.15) is 0 Å². The molecular weight excluding hydrogens is 542 g/mol. The molecule has 0 radical (unpaired) electrons. The Morgan fingerprint density at radius 1 is 0.780 bits per heavy atom. The highest BCUT2D eigenvalue weighted by molar-refractivity contribution is 7.90. The van der Waals surface area contributed by atoms with Gasteiger partial charge in [0.2, 0.25) is 0 Å². The lowest BCUT2D eigenvalue weighted by Gasteiger charge is -2.11. The van der Waals surface area contributed by atoms with E-state index < -0.39 is 9.84 Å². The zero-order valence-corrected chi connectivity index (χ0v) is 22.9. The molecule has 6 rings (SSSR count). The van der Waals surface area contributed by atoms with Crippen LogP contribution in [0.25, 0.3) is 21.9 Å². The number of methoxy groups -OCH3 is 2. The summed E-state index contributed by atoms with van der Waals surface area (Å²) in [7, 11) is -0.383. The van der Waals surface area contributed by atoms with Gasteiger partial charge in [0, 0.05) is 40.9 Å². The number of nitrogens with zero attached hydrogens (tertiary/aromatic N) is 4. The summed E-state index contributed by atoms with van der Waals surface area (Å²) in [5.41, 5.74) is 3.86. The number of ether oxygens (including phenoxy) is 2. The lowest BCUT2D eigenvalue weighted by atomic mass is 10.1. The topological polar surface area (TPSA) is 144 Å². The SMILES string of the molecule is COc1cc2[nH]c3ncnc(Nc4cccc(Nc5ccc(S(=O)(=O)Cc6ncccn6)cc5)c4)c3c2cc1OC. The summed E-state index contributed by atoms with van der Waals surface area (Å²) in [6.45, 7) is 0. The van der Waals surface area contributed by atoms with Gasteiger partial charge in [0.1, 0.15) is 29.4 Å². The van der Waals surface area contributed by atoms with Gasteiger partial charge in [0.05, 0.1) is 30.0 Å². The predicted molar refractivity (Wildman–Crippen MR) is 157 cm³/mol. The van der Waals surface area contributed by atoms with Gasteiger partial charge in [0.15, 0.2) is 21.3 Å². The molecule has 0 saturated heterocycles. The highest BCUT2D eigenvalue weighted by Crippen LogP contribution is 2.38. The molecule has 3 heterocycles. The van der Waals surface area contributed by atoms with Crippen molar-refractivity contribution in [2.75, 3.05) is 24.9 Å². The van der Waals surface area contributed by atoms with Crippen molar-refractivity contribution < 1.29 is 17.9 Å². The monoisotopic (exact) mass is 567 g/mol. The van der Waals surface area contributed by atoms with Gasteiger partial charge in [-0.25, -0.2) is 28.4 Å². The summed E-state index contributed by atoms with van der Waals surface area (Å²) in [5, 5.41) is 8.43. The van der Waals surface area contributed by atoms with Gasteiger partial charge in [0.25, 0.3) is 0 Å². The molecule has 0 aliphatic carbocycles. The Hall–Kier alpha value is -5.23. The molecule has 3 aromatic heterocycles. The predicted octanol–water partition coefficient (Wildman–Crippen LogP) is 5.38. The summed E-state index contributed by atoms with van der Waals surface area (Å²) < 4.78 is 36.5. The average Bonchev–Trinajstić information content (AvgIpc) is 3.35. The van der Waals surface area contributed by atoms with E-state index in [-0.39, 0.29) is 16.5 Å². The second-order valence-electron chi connectivity index (χ2n) is 9.10. The lowest BCUT2D eigenvalue weighted by molar-refractivity contribution is 0.356. The minimum absolute atomic E-state index is 0.201. The van der Waals surface area contributed by atoms with Crippen LogP contribution in [0.1, 0.15) is 5.82 Å². The van der Waals surface area contributed by atoms with Gasteiger partial charge < -0.3 is 25.1 Å². The number of hydrogen-bond donors (Lipinski definition) is 3. The number of sulfone groups is 1. The van der Waals surface area contributed by atoms with E-state index in [1.165, 1.54) is 18.7 Å². The average molecular weight is 568 g/mol. The molecule has 0 spiro atoms. The van der Waals surface area contributed by atoms with E-state index in [1.54, 1.807) is 44.6 Å².